The van der Waals surface area contributed by atoms with Crippen LogP contribution in [0.3, 0.4) is 0 Å². The highest BCUT2D eigenvalue weighted by Crippen LogP contribution is 2.32. The molecule has 35 heavy (non-hydrogen) atoms. The van der Waals surface area contributed by atoms with Gasteiger partial charge in [-0.2, -0.15) is 20.1 Å². The minimum Gasteiger partial charge on any atom is -0.493 e. The first-order valence-corrected chi connectivity index (χ1v) is 10.9. The topological polar surface area (TPSA) is 110 Å². The van der Waals surface area contributed by atoms with Gasteiger partial charge < -0.3 is 20.1 Å². The van der Waals surface area contributed by atoms with Crippen LogP contribution in [0.25, 0.3) is 11.3 Å². The smallest absolute Gasteiger partial charge is 0.233 e. The summed E-state index contributed by atoms with van der Waals surface area (Å²) in [5, 5.41) is 13.4. The lowest BCUT2D eigenvalue weighted by Crippen LogP contribution is -2.14. The molecule has 4 aromatic rings. The number of aryl methyl sites for hydroxylation is 1. The van der Waals surface area contributed by atoms with Crippen molar-refractivity contribution in [3.05, 3.63) is 65.5 Å². The molecule has 182 valence electrons. The van der Waals surface area contributed by atoms with Crippen LogP contribution < -0.4 is 20.1 Å². The molecule has 0 amide bonds. The van der Waals surface area contributed by atoms with E-state index >= 15 is 0 Å². The monoisotopic (exact) mass is 481 g/mol. The van der Waals surface area contributed by atoms with Crippen LogP contribution in [0.5, 0.6) is 11.5 Å². The van der Waals surface area contributed by atoms with Crippen LogP contribution in [0, 0.1) is 11.6 Å². The molecule has 4 rings (SSSR count). The van der Waals surface area contributed by atoms with E-state index in [0.717, 1.165) is 17.3 Å². The van der Waals surface area contributed by atoms with Crippen LogP contribution in [-0.4, -0.2) is 39.4 Å². The highest BCUT2D eigenvalue weighted by molar-refractivity contribution is 5.67. The van der Waals surface area contributed by atoms with Gasteiger partial charge in [0.15, 0.2) is 17.3 Å². The Morgan fingerprint density at radius 2 is 1.71 bits per heavy atom. The van der Waals surface area contributed by atoms with Crippen LogP contribution >= 0.6 is 0 Å². The third-order valence-corrected chi connectivity index (χ3v) is 5.28. The van der Waals surface area contributed by atoms with Crippen molar-refractivity contribution >= 4 is 17.7 Å². The molecule has 11 heteroatoms. The molecule has 0 spiro atoms. The Balaban J connectivity index is 1.54. The second kappa shape index (κ2) is 10.3. The molecule has 2 aromatic carbocycles. The Labute approximate surface area is 201 Å². The maximum absolute atomic E-state index is 14.2. The van der Waals surface area contributed by atoms with E-state index in [1.54, 1.807) is 27.2 Å². The van der Waals surface area contributed by atoms with Crippen molar-refractivity contribution in [3.8, 4) is 22.8 Å². The van der Waals surface area contributed by atoms with Crippen LogP contribution in [0.1, 0.15) is 31.3 Å². The summed E-state index contributed by atoms with van der Waals surface area (Å²) in [5.41, 5.74) is 1.90. The predicted molar refractivity (Wildman–Crippen MR) is 128 cm³/mol. The summed E-state index contributed by atoms with van der Waals surface area (Å²) in [5.74, 6) is 1.50. The number of benzene rings is 2. The molecular formula is C24H25F2N7O2. The molecule has 1 atom stereocenters. The van der Waals surface area contributed by atoms with E-state index in [1.807, 2.05) is 25.1 Å². The van der Waals surface area contributed by atoms with Crippen molar-refractivity contribution in [2.45, 2.75) is 26.3 Å². The predicted octanol–water partition coefficient (Wildman–Crippen LogP) is 5.04. The van der Waals surface area contributed by atoms with Gasteiger partial charge in [0.1, 0.15) is 17.5 Å². The van der Waals surface area contributed by atoms with Crippen LogP contribution in [0.2, 0.25) is 0 Å². The molecule has 0 aliphatic rings. The van der Waals surface area contributed by atoms with Gasteiger partial charge in [-0.1, -0.05) is 13.0 Å². The molecule has 0 aliphatic heterocycles. The highest BCUT2D eigenvalue weighted by Gasteiger charge is 2.15. The maximum atomic E-state index is 14.2. The van der Waals surface area contributed by atoms with E-state index in [2.05, 4.69) is 35.8 Å². The molecule has 0 saturated heterocycles. The van der Waals surface area contributed by atoms with E-state index in [4.69, 9.17) is 9.47 Å². The summed E-state index contributed by atoms with van der Waals surface area (Å²) in [6.45, 7) is 3.65. The highest BCUT2D eigenvalue weighted by atomic mass is 19.1. The number of nitrogens with one attached hydrogen (secondary N) is 3. The number of anilines is 3. The molecule has 0 bridgehead atoms. The van der Waals surface area contributed by atoms with Crippen molar-refractivity contribution in [1.29, 1.82) is 0 Å². The van der Waals surface area contributed by atoms with Gasteiger partial charge in [-0.25, -0.2) is 8.78 Å². The number of nitrogens with zero attached hydrogens (tertiary/aromatic N) is 4. The summed E-state index contributed by atoms with van der Waals surface area (Å²) in [7, 11) is 3.15. The number of methoxy groups -OCH3 is 2. The summed E-state index contributed by atoms with van der Waals surface area (Å²) in [4.78, 5) is 13.2. The third kappa shape index (κ3) is 5.45. The quantitative estimate of drug-likeness (QED) is 0.305. The Kier molecular flexibility index (Phi) is 7.04. The van der Waals surface area contributed by atoms with Crippen molar-refractivity contribution in [2.75, 3.05) is 24.9 Å². The number of hydrogen-bond acceptors (Lipinski definition) is 8. The minimum absolute atomic E-state index is 0.256. The van der Waals surface area contributed by atoms with Gasteiger partial charge in [-0.15, -0.1) is 0 Å². The zero-order chi connectivity index (χ0) is 24.9. The number of ether oxygens (including phenoxy) is 2. The number of rotatable bonds is 9. The summed E-state index contributed by atoms with van der Waals surface area (Å²) in [6.07, 6.45) is 0.558. The average Bonchev–Trinajstić information content (AvgIpc) is 3.31. The molecule has 0 saturated carbocycles. The SMILES string of the molecule is CCc1nc(Nc2cc(-c3ccc(OC)c(OC)c3)[nH]n2)nc(NC(C)c2ccc(F)cc2F)n1. The average molecular weight is 482 g/mol. The lowest BCUT2D eigenvalue weighted by atomic mass is 10.1. The van der Waals surface area contributed by atoms with E-state index in [1.165, 1.54) is 12.1 Å². The number of halogens is 2. The van der Waals surface area contributed by atoms with Gasteiger partial charge in [-0.05, 0) is 31.2 Å². The number of H-pyrrole nitrogens is 1. The molecular weight excluding hydrogens is 456 g/mol. The lowest BCUT2D eigenvalue weighted by Gasteiger charge is -2.16. The van der Waals surface area contributed by atoms with E-state index in [0.29, 0.717) is 35.1 Å². The first kappa shape index (κ1) is 23.9. The Bertz CT molecular complexity index is 1330. The van der Waals surface area contributed by atoms with Crippen LogP contribution in [0.4, 0.5) is 26.5 Å². The summed E-state index contributed by atoms with van der Waals surface area (Å²) < 4.78 is 38.1. The second-order valence-electron chi connectivity index (χ2n) is 7.65. The normalized spacial score (nSPS) is 11.7. The first-order chi connectivity index (χ1) is 16.9. The van der Waals surface area contributed by atoms with Crippen LogP contribution in [-0.2, 0) is 6.42 Å². The van der Waals surface area contributed by atoms with E-state index in [-0.39, 0.29) is 11.9 Å². The first-order valence-electron chi connectivity index (χ1n) is 10.9. The van der Waals surface area contributed by atoms with Gasteiger partial charge in [-0.3, -0.25) is 5.10 Å². The van der Waals surface area contributed by atoms with Gasteiger partial charge in [0.2, 0.25) is 11.9 Å². The van der Waals surface area contributed by atoms with Crippen molar-refractivity contribution in [2.24, 2.45) is 0 Å². The van der Waals surface area contributed by atoms with Gasteiger partial charge in [0, 0.05) is 29.7 Å². The Morgan fingerprint density at radius 1 is 0.943 bits per heavy atom. The van der Waals surface area contributed by atoms with Gasteiger partial charge >= 0.3 is 0 Å². The fraction of sp³-hybridized carbons (Fsp3) is 0.250. The summed E-state index contributed by atoms with van der Waals surface area (Å²) in [6, 6.07) is 10.3. The Hall–Kier alpha value is -4.28. The van der Waals surface area contributed by atoms with Gasteiger partial charge in [0.25, 0.3) is 0 Å². The standard InChI is InChI=1S/C24H25F2N7O2/c1-5-21-28-23(27-13(2)16-8-7-15(25)11-17(16)26)31-24(29-21)30-22-12-18(32-33-22)14-6-9-19(34-3)20(10-14)35-4/h6-13H,5H2,1-4H3,(H3,27,28,29,30,31,32,33). The molecule has 0 radical (unpaired) electrons. The maximum Gasteiger partial charge on any atom is 0.233 e. The number of hydrogen-bond donors (Lipinski definition) is 3. The zero-order valence-electron chi connectivity index (χ0n) is 19.7. The minimum atomic E-state index is -0.646. The van der Waals surface area contributed by atoms with E-state index < -0.39 is 17.7 Å². The molecule has 0 fully saturated rings. The van der Waals surface area contributed by atoms with Crippen LogP contribution in [0.15, 0.2) is 42.5 Å². The zero-order valence-corrected chi connectivity index (χ0v) is 19.7. The molecule has 3 N–H and O–H groups in total. The third-order valence-electron chi connectivity index (χ3n) is 5.28. The fourth-order valence-corrected chi connectivity index (χ4v) is 3.47. The van der Waals surface area contributed by atoms with E-state index in [9.17, 15) is 8.78 Å². The largest absolute Gasteiger partial charge is 0.493 e. The molecule has 2 aromatic heterocycles. The Morgan fingerprint density at radius 3 is 2.43 bits per heavy atom. The van der Waals surface area contributed by atoms with Crippen molar-refractivity contribution in [3.63, 3.8) is 0 Å². The second-order valence-corrected chi connectivity index (χ2v) is 7.65. The van der Waals surface area contributed by atoms with Crippen molar-refractivity contribution in [1.82, 2.24) is 25.1 Å². The van der Waals surface area contributed by atoms with Gasteiger partial charge in [0.05, 0.1) is 26.0 Å². The number of aromatic amines is 1. The molecule has 1 unspecified atom stereocenters. The molecule has 9 nitrogen and oxygen atoms in total. The number of aromatic nitrogens is 5. The molecule has 2 heterocycles. The fourth-order valence-electron chi connectivity index (χ4n) is 3.47. The summed E-state index contributed by atoms with van der Waals surface area (Å²) >= 11 is 0. The van der Waals surface area contributed by atoms with Crippen molar-refractivity contribution < 1.29 is 18.3 Å². The molecule has 0 aliphatic carbocycles. The lowest BCUT2D eigenvalue weighted by molar-refractivity contribution is 0.355.